The highest BCUT2D eigenvalue weighted by molar-refractivity contribution is 5.87. The normalized spacial score (nSPS) is 15.2. The van der Waals surface area contributed by atoms with E-state index in [1.54, 1.807) is 0 Å². The second kappa shape index (κ2) is 6.67. The third-order valence-corrected chi connectivity index (χ3v) is 3.76. The van der Waals surface area contributed by atoms with Crippen LogP contribution in [0.2, 0.25) is 0 Å². The summed E-state index contributed by atoms with van der Waals surface area (Å²) in [6.45, 7) is 10.9. The van der Waals surface area contributed by atoms with Crippen LogP contribution in [-0.2, 0) is 11.2 Å². The molecule has 0 saturated carbocycles. The Bertz CT molecular complexity index is 535. The van der Waals surface area contributed by atoms with E-state index in [4.69, 9.17) is 5.73 Å². The van der Waals surface area contributed by atoms with Crippen LogP contribution in [0, 0.1) is 13.8 Å². The van der Waals surface area contributed by atoms with Crippen LogP contribution in [0.25, 0.3) is 0 Å². The van der Waals surface area contributed by atoms with E-state index in [2.05, 4.69) is 21.4 Å². The van der Waals surface area contributed by atoms with Gasteiger partial charge in [-0.05, 0) is 32.9 Å². The van der Waals surface area contributed by atoms with Gasteiger partial charge in [-0.2, -0.15) is 0 Å². The van der Waals surface area contributed by atoms with E-state index in [0.717, 1.165) is 42.4 Å². The lowest BCUT2D eigenvalue weighted by molar-refractivity contribution is -0.126. The molecule has 0 radical (unpaired) electrons. The highest BCUT2D eigenvalue weighted by Gasteiger charge is 2.23. The summed E-state index contributed by atoms with van der Waals surface area (Å²) in [7, 11) is 0. The average molecular weight is 289 g/mol. The molecule has 1 aromatic heterocycles. The fraction of sp³-hybridized carbons (Fsp3) is 0.533. The van der Waals surface area contributed by atoms with Crippen LogP contribution in [0.15, 0.2) is 12.7 Å². The van der Waals surface area contributed by atoms with Crippen LogP contribution >= 0.6 is 0 Å². The number of carbonyl (C=O) groups excluding carboxylic acids is 1. The number of piperazine rings is 1. The molecular weight excluding hydrogens is 266 g/mol. The fourth-order valence-electron chi connectivity index (χ4n) is 2.68. The molecule has 2 N–H and O–H groups in total. The first-order chi connectivity index (χ1) is 10.1. The number of aryl methyl sites for hydroxylation is 2. The predicted octanol–water partition coefficient (Wildman–Crippen LogP) is 0.429. The zero-order valence-corrected chi connectivity index (χ0v) is 12.8. The Morgan fingerprint density at radius 2 is 1.95 bits per heavy atom. The largest absolute Gasteiger partial charge is 0.353 e. The van der Waals surface area contributed by atoms with E-state index >= 15 is 0 Å². The number of anilines is 1. The lowest BCUT2D eigenvalue weighted by Crippen LogP contribution is -2.49. The summed E-state index contributed by atoms with van der Waals surface area (Å²) in [6.07, 6.45) is 2.14. The number of hydrogen-bond acceptors (Lipinski definition) is 5. The van der Waals surface area contributed by atoms with Gasteiger partial charge in [0, 0.05) is 37.4 Å². The summed E-state index contributed by atoms with van der Waals surface area (Å²) >= 11 is 0. The average Bonchev–Trinajstić information content (AvgIpc) is 2.49. The van der Waals surface area contributed by atoms with Crippen LogP contribution in [0.3, 0.4) is 0 Å². The smallest absolute Gasteiger partial charge is 0.246 e. The lowest BCUT2D eigenvalue weighted by Gasteiger charge is -2.36. The van der Waals surface area contributed by atoms with E-state index in [9.17, 15) is 4.79 Å². The molecule has 0 aromatic carbocycles. The second-order valence-electron chi connectivity index (χ2n) is 5.21. The maximum absolute atomic E-state index is 11.6. The summed E-state index contributed by atoms with van der Waals surface area (Å²) in [5.74, 6) is 1.73. The van der Waals surface area contributed by atoms with Gasteiger partial charge in [-0.1, -0.05) is 6.58 Å². The molecular formula is C15H23N5O. The monoisotopic (exact) mass is 289 g/mol. The van der Waals surface area contributed by atoms with Gasteiger partial charge in [0.15, 0.2) is 0 Å². The van der Waals surface area contributed by atoms with Gasteiger partial charge in [0.2, 0.25) is 5.91 Å². The van der Waals surface area contributed by atoms with Gasteiger partial charge in [0.25, 0.3) is 0 Å². The van der Waals surface area contributed by atoms with Crippen LogP contribution < -0.4 is 10.6 Å². The zero-order valence-electron chi connectivity index (χ0n) is 12.8. The third kappa shape index (κ3) is 3.39. The molecule has 6 heteroatoms. The zero-order chi connectivity index (χ0) is 15.4. The molecule has 0 atom stereocenters. The molecule has 0 spiro atoms. The van der Waals surface area contributed by atoms with E-state index in [0.29, 0.717) is 19.6 Å². The van der Waals surface area contributed by atoms with E-state index in [1.165, 1.54) is 6.08 Å². The van der Waals surface area contributed by atoms with Crippen LogP contribution in [-0.4, -0.2) is 53.5 Å². The predicted molar refractivity (Wildman–Crippen MR) is 83.3 cm³/mol. The summed E-state index contributed by atoms with van der Waals surface area (Å²) in [4.78, 5) is 24.7. The van der Waals surface area contributed by atoms with Crippen molar-refractivity contribution in [2.45, 2.75) is 20.3 Å². The Balaban J connectivity index is 2.19. The number of aromatic nitrogens is 2. The quantitative estimate of drug-likeness (QED) is 0.814. The number of carbonyl (C=O) groups is 1. The van der Waals surface area contributed by atoms with Crippen molar-refractivity contribution in [2.75, 3.05) is 37.6 Å². The van der Waals surface area contributed by atoms with Crippen molar-refractivity contribution >= 4 is 11.7 Å². The van der Waals surface area contributed by atoms with Gasteiger partial charge in [0.05, 0.1) is 0 Å². The van der Waals surface area contributed by atoms with E-state index in [1.807, 2.05) is 18.7 Å². The maximum Gasteiger partial charge on any atom is 0.246 e. The summed E-state index contributed by atoms with van der Waals surface area (Å²) in [6, 6.07) is 0. The van der Waals surface area contributed by atoms with Crippen molar-refractivity contribution in [3.05, 3.63) is 29.7 Å². The van der Waals surface area contributed by atoms with Crippen molar-refractivity contribution in [3.8, 4) is 0 Å². The molecule has 2 heterocycles. The molecule has 0 aliphatic carbocycles. The molecule has 21 heavy (non-hydrogen) atoms. The van der Waals surface area contributed by atoms with Gasteiger partial charge in [0.1, 0.15) is 11.6 Å². The topological polar surface area (TPSA) is 75.4 Å². The minimum absolute atomic E-state index is 0.00752. The first-order valence-corrected chi connectivity index (χ1v) is 7.27. The molecule has 1 amide bonds. The number of hydrogen-bond donors (Lipinski definition) is 1. The highest BCUT2D eigenvalue weighted by atomic mass is 16.2. The van der Waals surface area contributed by atoms with Crippen molar-refractivity contribution < 1.29 is 4.79 Å². The number of rotatable bonds is 4. The SMILES string of the molecule is C=CC(=O)N1CCN(c2nc(C)nc(C)c2CCN)CC1. The molecule has 2 rings (SSSR count). The fourth-order valence-corrected chi connectivity index (χ4v) is 2.68. The first-order valence-electron chi connectivity index (χ1n) is 7.27. The molecule has 1 fully saturated rings. The second-order valence-corrected chi connectivity index (χ2v) is 5.21. The minimum Gasteiger partial charge on any atom is -0.353 e. The van der Waals surface area contributed by atoms with Gasteiger partial charge >= 0.3 is 0 Å². The van der Waals surface area contributed by atoms with Gasteiger partial charge in [-0.25, -0.2) is 9.97 Å². The van der Waals surface area contributed by atoms with Crippen LogP contribution in [0.5, 0.6) is 0 Å². The molecule has 1 aliphatic heterocycles. The lowest BCUT2D eigenvalue weighted by atomic mass is 10.1. The van der Waals surface area contributed by atoms with Crippen molar-refractivity contribution in [2.24, 2.45) is 5.73 Å². The molecule has 1 aliphatic rings. The number of amides is 1. The van der Waals surface area contributed by atoms with E-state index < -0.39 is 0 Å². The number of nitrogens with zero attached hydrogens (tertiary/aromatic N) is 4. The first kappa shape index (κ1) is 15.4. The molecule has 1 aromatic rings. The third-order valence-electron chi connectivity index (χ3n) is 3.76. The van der Waals surface area contributed by atoms with Gasteiger partial charge < -0.3 is 15.5 Å². The Kier molecular flexibility index (Phi) is 4.90. The van der Waals surface area contributed by atoms with E-state index in [-0.39, 0.29) is 5.91 Å². The highest BCUT2D eigenvalue weighted by Crippen LogP contribution is 2.22. The Labute approximate surface area is 125 Å². The van der Waals surface area contributed by atoms with Crippen molar-refractivity contribution in [1.82, 2.24) is 14.9 Å². The van der Waals surface area contributed by atoms with Crippen molar-refractivity contribution in [3.63, 3.8) is 0 Å². The van der Waals surface area contributed by atoms with Crippen LogP contribution in [0.4, 0.5) is 5.82 Å². The van der Waals surface area contributed by atoms with Crippen molar-refractivity contribution in [1.29, 1.82) is 0 Å². The molecule has 0 bridgehead atoms. The molecule has 0 unspecified atom stereocenters. The number of nitrogens with two attached hydrogens (primary N) is 1. The summed E-state index contributed by atoms with van der Waals surface area (Å²) in [5, 5.41) is 0. The minimum atomic E-state index is -0.00752. The summed E-state index contributed by atoms with van der Waals surface area (Å²) < 4.78 is 0. The van der Waals surface area contributed by atoms with Crippen LogP contribution in [0.1, 0.15) is 17.1 Å². The Hall–Kier alpha value is -1.95. The summed E-state index contributed by atoms with van der Waals surface area (Å²) in [5.41, 5.74) is 7.82. The Morgan fingerprint density at radius 3 is 2.52 bits per heavy atom. The van der Waals surface area contributed by atoms with Gasteiger partial charge in [-0.3, -0.25) is 4.79 Å². The molecule has 6 nitrogen and oxygen atoms in total. The molecule has 1 saturated heterocycles. The Morgan fingerprint density at radius 1 is 1.29 bits per heavy atom. The maximum atomic E-state index is 11.6. The van der Waals surface area contributed by atoms with Gasteiger partial charge in [-0.15, -0.1) is 0 Å². The standard InChI is InChI=1S/C15H23N5O/c1-4-14(21)19-7-9-20(10-8-19)15-13(5-6-16)11(2)17-12(3)18-15/h4H,1,5-10,16H2,2-3H3. The molecule has 114 valence electrons.